The summed E-state index contributed by atoms with van der Waals surface area (Å²) in [6.45, 7) is 0. The molecule has 0 atom stereocenters. The van der Waals surface area contributed by atoms with Crippen molar-refractivity contribution in [2.75, 3.05) is 0 Å². The zero-order valence-electron chi connectivity index (χ0n) is 7.78. The summed E-state index contributed by atoms with van der Waals surface area (Å²) in [6, 6.07) is 10.3. The maximum Gasteiger partial charge on any atom is 0.00839 e. The molecule has 0 saturated carbocycles. The van der Waals surface area contributed by atoms with Crippen LogP contribution in [0.15, 0.2) is 59.7 Å². The second kappa shape index (κ2) is 4.30. The second-order valence-corrected chi connectivity index (χ2v) is 3.43. The highest BCUT2D eigenvalue weighted by Gasteiger charge is 2.07. The first kappa shape index (κ1) is 9.29. The normalized spacial score (nSPS) is 18.4. The van der Waals surface area contributed by atoms with Gasteiger partial charge < -0.3 is 0 Å². The molecule has 0 nitrogen and oxygen atoms in total. The van der Waals surface area contributed by atoms with Crippen LogP contribution in [0.2, 0.25) is 0 Å². The summed E-state index contributed by atoms with van der Waals surface area (Å²) in [6.07, 6.45) is 7.21. The van der Waals surface area contributed by atoms with Crippen LogP contribution in [0.25, 0.3) is 5.57 Å². The predicted octanol–water partition coefficient (Wildman–Crippen LogP) is 4.15. The maximum atomic E-state index is 5.79. The Bertz CT molecular complexity index is 397. The third-order valence-electron chi connectivity index (χ3n) is 2.30. The van der Waals surface area contributed by atoms with Crippen molar-refractivity contribution < 1.29 is 0 Å². The van der Waals surface area contributed by atoms with Gasteiger partial charge in [0.2, 0.25) is 0 Å². The van der Waals surface area contributed by atoms with Gasteiger partial charge in [0.05, 0.1) is 0 Å². The van der Waals surface area contributed by atoms with Gasteiger partial charge in [-0.1, -0.05) is 60.2 Å². The van der Waals surface area contributed by atoms with Crippen LogP contribution in [0, 0.1) is 0 Å². The Labute approximate surface area is 89.2 Å². The lowest BCUT2D eigenvalue weighted by Crippen LogP contribution is -1.91. The summed E-state index contributed by atoms with van der Waals surface area (Å²) in [5.41, 5.74) is 5.30. The minimum absolute atomic E-state index is 0.921. The molecule has 0 N–H and O–H groups in total. The molecule has 1 aliphatic rings. The Balaban J connectivity index is 2.43. The van der Waals surface area contributed by atoms with Crippen LogP contribution in [0.5, 0.6) is 0 Å². The molecule has 14 heavy (non-hydrogen) atoms. The number of hydrogen-bond acceptors (Lipinski definition) is 0. The molecular weight excluding hydrogens is 192 g/mol. The lowest BCUT2D eigenvalue weighted by atomic mass is 9.93. The molecule has 1 aromatic carbocycles. The van der Waals surface area contributed by atoms with E-state index in [1.54, 1.807) is 5.54 Å². The van der Waals surface area contributed by atoms with E-state index in [0.29, 0.717) is 0 Å². The van der Waals surface area contributed by atoms with Gasteiger partial charge in [-0.3, -0.25) is 0 Å². The summed E-state index contributed by atoms with van der Waals surface area (Å²) in [5, 5.41) is 0. The Morgan fingerprint density at radius 2 is 1.93 bits per heavy atom. The molecule has 0 amide bonds. The van der Waals surface area contributed by atoms with Crippen LogP contribution < -0.4 is 0 Å². The van der Waals surface area contributed by atoms with E-state index in [1.807, 2.05) is 18.2 Å². The summed E-state index contributed by atoms with van der Waals surface area (Å²) in [7, 11) is 0. The van der Waals surface area contributed by atoms with E-state index in [4.69, 9.17) is 11.6 Å². The second-order valence-electron chi connectivity index (χ2n) is 3.21. The predicted molar refractivity (Wildman–Crippen MR) is 62.1 cm³/mol. The SMILES string of the molecule is ClC=C1CC=CC=C1c1ccccc1. The number of benzene rings is 1. The number of hydrogen-bond donors (Lipinski definition) is 0. The molecular formula is C13H11Cl. The van der Waals surface area contributed by atoms with Crippen LogP contribution in [-0.4, -0.2) is 0 Å². The summed E-state index contributed by atoms with van der Waals surface area (Å²) < 4.78 is 0. The minimum Gasteiger partial charge on any atom is -0.0926 e. The molecule has 0 bridgehead atoms. The van der Waals surface area contributed by atoms with Crippen LogP contribution in [0.3, 0.4) is 0 Å². The lowest BCUT2D eigenvalue weighted by molar-refractivity contribution is 1.28. The first-order valence-electron chi connectivity index (χ1n) is 4.63. The molecule has 0 saturated heterocycles. The van der Waals surface area contributed by atoms with Gasteiger partial charge in [-0.05, 0) is 23.1 Å². The molecule has 1 aliphatic carbocycles. The molecule has 2 rings (SSSR count). The molecule has 0 spiro atoms. The molecule has 0 aliphatic heterocycles. The largest absolute Gasteiger partial charge is 0.0926 e. The van der Waals surface area contributed by atoms with Crippen LogP contribution >= 0.6 is 11.6 Å². The number of rotatable bonds is 1. The fraction of sp³-hybridized carbons (Fsp3) is 0.0769. The lowest BCUT2D eigenvalue weighted by Gasteiger charge is -2.12. The van der Waals surface area contributed by atoms with Gasteiger partial charge in [0.25, 0.3) is 0 Å². The van der Waals surface area contributed by atoms with Crippen molar-refractivity contribution in [2.24, 2.45) is 0 Å². The van der Waals surface area contributed by atoms with Crippen molar-refractivity contribution in [3.8, 4) is 0 Å². The van der Waals surface area contributed by atoms with Crippen molar-refractivity contribution in [1.29, 1.82) is 0 Å². The maximum absolute atomic E-state index is 5.79. The van der Waals surface area contributed by atoms with Gasteiger partial charge in [-0.15, -0.1) is 0 Å². The van der Waals surface area contributed by atoms with Gasteiger partial charge in [0.15, 0.2) is 0 Å². The summed E-state index contributed by atoms with van der Waals surface area (Å²) in [5.74, 6) is 0. The van der Waals surface area contributed by atoms with Gasteiger partial charge in [-0.25, -0.2) is 0 Å². The van der Waals surface area contributed by atoms with E-state index >= 15 is 0 Å². The van der Waals surface area contributed by atoms with Gasteiger partial charge in [-0.2, -0.15) is 0 Å². The molecule has 0 radical (unpaired) electrons. The highest BCUT2D eigenvalue weighted by Crippen LogP contribution is 2.29. The Hall–Kier alpha value is -1.27. The zero-order chi connectivity index (χ0) is 9.80. The van der Waals surface area contributed by atoms with E-state index in [9.17, 15) is 0 Å². The summed E-state index contributed by atoms with van der Waals surface area (Å²) in [4.78, 5) is 0. The van der Waals surface area contributed by atoms with Gasteiger partial charge in [0.1, 0.15) is 0 Å². The van der Waals surface area contributed by atoms with Gasteiger partial charge >= 0.3 is 0 Å². The Kier molecular flexibility index (Phi) is 2.85. The summed E-state index contributed by atoms with van der Waals surface area (Å²) >= 11 is 5.79. The highest BCUT2D eigenvalue weighted by molar-refractivity contribution is 6.26. The monoisotopic (exact) mass is 202 g/mol. The fourth-order valence-corrected chi connectivity index (χ4v) is 1.79. The number of halogens is 1. The average Bonchev–Trinajstić information content (AvgIpc) is 2.30. The average molecular weight is 203 g/mol. The Morgan fingerprint density at radius 3 is 2.64 bits per heavy atom. The van der Waals surface area contributed by atoms with E-state index in [1.165, 1.54) is 16.7 Å². The molecule has 1 aromatic rings. The van der Waals surface area contributed by atoms with Crippen LogP contribution in [0.1, 0.15) is 12.0 Å². The molecule has 1 heteroatoms. The topological polar surface area (TPSA) is 0 Å². The quantitative estimate of drug-likeness (QED) is 0.642. The molecule has 0 fully saturated rings. The van der Waals surface area contributed by atoms with Crippen molar-refractivity contribution in [1.82, 2.24) is 0 Å². The number of allylic oxidation sites excluding steroid dienone is 5. The first-order chi connectivity index (χ1) is 6.92. The van der Waals surface area contributed by atoms with E-state index < -0.39 is 0 Å². The fourth-order valence-electron chi connectivity index (χ4n) is 1.58. The third-order valence-corrected chi connectivity index (χ3v) is 2.56. The standard InChI is InChI=1S/C13H11Cl/c14-10-12-8-4-5-9-13(12)11-6-2-1-3-7-11/h1-7,9-10H,8H2. The van der Waals surface area contributed by atoms with Crippen molar-refractivity contribution in [3.05, 3.63) is 65.2 Å². The van der Waals surface area contributed by atoms with E-state index in [2.05, 4.69) is 30.4 Å². The van der Waals surface area contributed by atoms with Crippen molar-refractivity contribution in [2.45, 2.75) is 6.42 Å². The Morgan fingerprint density at radius 1 is 1.14 bits per heavy atom. The third kappa shape index (κ3) is 1.80. The van der Waals surface area contributed by atoms with Crippen molar-refractivity contribution >= 4 is 17.2 Å². The van der Waals surface area contributed by atoms with E-state index in [0.717, 1.165) is 6.42 Å². The van der Waals surface area contributed by atoms with E-state index in [-0.39, 0.29) is 0 Å². The first-order valence-corrected chi connectivity index (χ1v) is 5.07. The smallest absolute Gasteiger partial charge is 0.00839 e. The van der Waals surface area contributed by atoms with Crippen LogP contribution in [-0.2, 0) is 0 Å². The zero-order valence-corrected chi connectivity index (χ0v) is 8.54. The molecule has 0 heterocycles. The molecule has 0 aromatic heterocycles. The molecule has 0 unspecified atom stereocenters. The minimum atomic E-state index is 0.921. The van der Waals surface area contributed by atoms with Gasteiger partial charge in [0, 0.05) is 5.54 Å². The van der Waals surface area contributed by atoms with Crippen LogP contribution in [0.4, 0.5) is 0 Å². The molecule has 70 valence electrons. The highest BCUT2D eigenvalue weighted by atomic mass is 35.5. The van der Waals surface area contributed by atoms with Crippen molar-refractivity contribution in [3.63, 3.8) is 0 Å².